The van der Waals surface area contributed by atoms with E-state index in [0.717, 1.165) is 11.3 Å². The van der Waals surface area contributed by atoms with Crippen LogP contribution in [0.2, 0.25) is 5.02 Å². The van der Waals surface area contributed by atoms with Crippen LogP contribution in [0.15, 0.2) is 24.4 Å². The van der Waals surface area contributed by atoms with E-state index in [9.17, 15) is 4.39 Å². The molecule has 1 aromatic carbocycles. The number of nitrogens with one attached hydrogen (secondary N) is 1. The standard InChI is InChI=1S/C14H17ClFN3/c1-9(2)17-7-11-8-18-19(10(11)3)14-12(15)5-4-6-13(14)16/h4-6,8-9,17H,7H2,1-3H3. The number of halogens is 2. The van der Waals surface area contributed by atoms with E-state index in [1.165, 1.54) is 6.07 Å². The Balaban J connectivity index is 2.37. The summed E-state index contributed by atoms with van der Waals surface area (Å²) in [5, 5.41) is 7.91. The van der Waals surface area contributed by atoms with Gasteiger partial charge in [0, 0.05) is 23.8 Å². The topological polar surface area (TPSA) is 29.9 Å². The van der Waals surface area contributed by atoms with Crippen LogP contribution in [0.1, 0.15) is 25.1 Å². The first kappa shape index (κ1) is 14.0. The molecule has 102 valence electrons. The van der Waals surface area contributed by atoms with Crippen LogP contribution in [0.4, 0.5) is 4.39 Å². The molecule has 0 unspecified atom stereocenters. The normalized spacial score (nSPS) is 11.3. The van der Waals surface area contributed by atoms with Gasteiger partial charge in [0.15, 0.2) is 0 Å². The lowest BCUT2D eigenvalue weighted by Gasteiger charge is -2.10. The van der Waals surface area contributed by atoms with Crippen LogP contribution in [-0.4, -0.2) is 15.8 Å². The van der Waals surface area contributed by atoms with Gasteiger partial charge in [0.2, 0.25) is 0 Å². The molecular weight excluding hydrogens is 265 g/mol. The van der Waals surface area contributed by atoms with Crippen molar-refractivity contribution in [1.29, 1.82) is 0 Å². The van der Waals surface area contributed by atoms with E-state index in [0.29, 0.717) is 23.3 Å². The van der Waals surface area contributed by atoms with Crippen molar-refractivity contribution >= 4 is 11.6 Å². The van der Waals surface area contributed by atoms with Gasteiger partial charge >= 0.3 is 0 Å². The fraction of sp³-hybridized carbons (Fsp3) is 0.357. The number of para-hydroxylation sites is 1. The van der Waals surface area contributed by atoms with E-state index in [-0.39, 0.29) is 5.82 Å². The minimum Gasteiger partial charge on any atom is -0.310 e. The molecule has 1 aromatic heterocycles. The van der Waals surface area contributed by atoms with Crippen LogP contribution in [0.25, 0.3) is 5.69 Å². The summed E-state index contributed by atoms with van der Waals surface area (Å²) in [7, 11) is 0. The van der Waals surface area contributed by atoms with Crippen molar-refractivity contribution in [2.45, 2.75) is 33.4 Å². The van der Waals surface area contributed by atoms with Gasteiger partial charge in [0.25, 0.3) is 0 Å². The zero-order valence-electron chi connectivity index (χ0n) is 11.2. The third-order valence-corrected chi connectivity index (χ3v) is 3.27. The van der Waals surface area contributed by atoms with Crippen molar-refractivity contribution < 1.29 is 4.39 Å². The molecule has 1 heterocycles. The Kier molecular flexibility index (Phi) is 4.22. The molecule has 0 fully saturated rings. The highest BCUT2D eigenvalue weighted by molar-refractivity contribution is 6.32. The molecule has 0 spiro atoms. The van der Waals surface area contributed by atoms with Crippen molar-refractivity contribution in [3.05, 3.63) is 46.5 Å². The summed E-state index contributed by atoms with van der Waals surface area (Å²) in [5.41, 5.74) is 2.23. The van der Waals surface area contributed by atoms with Crippen LogP contribution in [-0.2, 0) is 6.54 Å². The lowest BCUT2D eigenvalue weighted by Crippen LogP contribution is -2.22. The predicted octanol–water partition coefficient (Wildman–Crippen LogP) is 3.47. The minimum atomic E-state index is -0.373. The SMILES string of the molecule is Cc1c(CNC(C)C)cnn1-c1c(F)cccc1Cl. The molecule has 19 heavy (non-hydrogen) atoms. The summed E-state index contributed by atoms with van der Waals surface area (Å²) in [5.74, 6) is -0.373. The molecule has 2 rings (SSSR count). The predicted molar refractivity (Wildman–Crippen MR) is 75.2 cm³/mol. The number of aromatic nitrogens is 2. The molecule has 0 aliphatic rings. The molecule has 0 atom stereocenters. The average Bonchev–Trinajstić information content (AvgIpc) is 2.68. The van der Waals surface area contributed by atoms with Crippen LogP contribution in [0, 0.1) is 12.7 Å². The average molecular weight is 282 g/mol. The van der Waals surface area contributed by atoms with Crippen molar-refractivity contribution in [2.75, 3.05) is 0 Å². The fourth-order valence-electron chi connectivity index (χ4n) is 1.85. The fourth-order valence-corrected chi connectivity index (χ4v) is 2.09. The first-order valence-corrected chi connectivity index (χ1v) is 6.59. The van der Waals surface area contributed by atoms with Crippen LogP contribution >= 0.6 is 11.6 Å². The van der Waals surface area contributed by atoms with Crippen LogP contribution < -0.4 is 5.32 Å². The molecular formula is C14H17ClFN3. The number of rotatable bonds is 4. The maximum Gasteiger partial charge on any atom is 0.150 e. The highest BCUT2D eigenvalue weighted by Crippen LogP contribution is 2.25. The molecule has 0 saturated carbocycles. The summed E-state index contributed by atoms with van der Waals surface area (Å²) in [4.78, 5) is 0. The van der Waals surface area contributed by atoms with Crippen molar-refractivity contribution in [1.82, 2.24) is 15.1 Å². The van der Waals surface area contributed by atoms with E-state index in [2.05, 4.69) is 24.3 Å². The van der Waals surface area contributed by atoms with E-state index < -0.39 is 0 Å². The minimum absolute atomic E-state index is 0.303. The third-order valence-electron chi connectivity index (χ3n) is 2.96. The second kappa shape index (κ2) is 5.72. The zero-order chi connectivity index (χ0) is 14.0. The van der Waals surface area contributed by atoms with Gasteiger partial charge in [-0.2, -0.15) is 5.10 Å². The monoisotopic (exact) mass is 281 g/mol. The Bertz CT molecular complexity index is 558. The zero-order valence-corrected chi connectivity index (χ0v) is 12.0. The Labute approximate surface area is 117 Å². The summed E-state index contributed by atoms with van der Waals surface area (Å²) in [6.45, 7) is 6.77. The molecule has 0 saturated heterocycles. The second-order valence-electron chi connectivity index (χ2n) is 4.77. The van der Waals surface area contributed by atoms with Gasteiger partial charge < -0.3 is 5.32 Å². The largest absolute Gasteiger partial charge is 0.310 e. The molecule has 2 aromatic rings. The van der Waals surface area contributed by atoms with Gasteiger partial charge in [-0.3, -0.25) is 0 Å². The molecule has 0 bridgehead atoms. The van der Waals surface area contributed by atoms with E-state index in [1.807, 2.05) is 6.92 Å². The van der Waals surface area contributed by atoms with Gasteiger partial charge in [-0.25, -0.2) is 9.07 Å². The Morgan fingerprint density at radius 2 is 2.16 bits per heavy atom. The molecule has 5 heteroatoms. The lowest BCUT2D eigenvalue weighted by atomic mass is 10.2. The van der Waals surface area contributed by atoms with Gasteiger partial charge in [-0.15, -0.1) is 0 Å². The Morgan fingerprint density at radius 3 is 2.79 bits per heavy atom. The number of hydrogen-bond donors (Lipinski definition) is 1. The molecule has 0 aliphatic carbocycles. The van der Waals surface area contributed by atoms with E-state index in [1.54, 1.807) is 23.0 Å². The first-order valence-electron chi connectivity index (χ1n) is 6.22. The van der Waals surface area contributed by atoms with Crippen LogP contribution in [0.3, 0.4) is 0 Å². The van der Waals surface area contributed by atoms with Gasteiger partial charge in [-0.1, -0.05) is 31.5 Å². The Morgan fingerprint density at radius 1 is 1.42 bits per heavy atom. The molecule has 0 aliphatic heterocycles. The van der Waals surface area contributed by atoms with Crippen molar-refractivity contribution in [3.8, 4) is 5.69 Å². The van der Waals surface area contributed by atoms with E-state index >= 15 is 0 Å². The van der Waals surface area contributed by atoms with Gasteiger partial charge in [0.1, 0.15) is 11.5 Å². The smallest absolute Gasteiger partial charge is 0.150 e. The summed E-state index contributed by atoms with van der Waals surface area (Å²) < 4.78 is 15.4. The summed E-state index contributed by atoms with van der Waals surface area (Å²) in [6, 6.07) is 5.02. The highest BCUT2D eigenvalue weighted by Gasteiger charge is 2.14. The highest BCUT2D eigenvalue weighted by atomic mass is 35.5. The van der Waals surface area contributed by atoms with Gasteiger partial charge in [-0.05, 0) is 19.1 Å². The molecule has 3 nitrogen and oxygen atoms in total. The molecule has 0 radical (unpaired) electrons. The third kappa shape index (κ3) is 2.96. The van der Waals surface area contributed by atoms with Crippen molar-refractivity contribution in [2.24, 2.45) is 0 Å². The maximum absolute atomic E-state index is 13.9. The quantitative estimate of drug-likeness (QED) is 0.930. The van der Waals surface area contributed by atoms with Gasteiger partial charge in [0.05, 0.1) is 11.2 Å². The molecule has 0 amide bonds. The van der Waals surface area contributed by atoms with Crippen molar-refractivity contribution in [3.63, 3.8) is 0 Å². The second-order valence-corrected chi connectivity index (χ2v) is 5.18. The number of hydrogen-bond acceptors (Lipinski definition) is 2. The number of nitrogens with zero attached hydrogens (tertiary/aromatic N) is 2. The maximum atomic E-state index is 13.9. The van der Waals surface area contributed by atoms with E-state index in [4.69, 9.17) is 11.6 Å². The molecule has 1 N–H and O–H groups in total. The summed E-state index contributed by atoms with van der Waals surface area (Å²) >= 11 is 6.06. The summed E-state index contributed by atoms with van der Waals surface area (Å²) in [6.07, 6.45) is 1.74. The first-order chi connectivity index (χ1) is 9.00. The Hall–Kier alpha value is -1.39. The number of benzene rings is 1. The lowest BCUT2D eigenvalue weighted by molar-refractivity contribution is 0.586. The van der Waals surface area contributed by atoms with Crippen LogP contribution in [0.5, 0.6) is 0 Å².